The average molecular weight is 233 g/mol. The largest absolute Gasteiger partial charge is 0.489 e. The Hall–Kier alpha value is -1.28. The van der Waals surface area contributed by atoms with E-state index in [1.54, 1.807) is 0 Å². The van der Waals surface area contributed by atoms with Crippen LogP contribution in [0.15, 0.2) is 30.4 Å². The van der Waals surface area contributed by atoms with Crippen LogP contribution >= 0.6 is 0 Å². The van der Waals surface area contributed by atoms with Crippen LogP contribution in [-0.2, 0) is 0 Å². The number of ether oxygens (including phenoxy) is 1. The molecule has 1 unspecified atom stereocenters. The molecule has 94 valence electrons. The number of benzene rings is 1. The molecule has 0 amide bonds. The quantitative estimate of drug-likeness (QED) is 0.758. The van der Waals surface area contributed by atoms with Gasteiger partial charge in [0.25, 0.3) is 0 Å². The maximum absolute atomic E-state index is 5.66. The first-order valence-electron chi connectivity index (χ1n) is 6.27. The Balaban J connectivity index is 2.71. The molecule has 17 heavy (non-hydrogen) atoms. The van der Waals surface area contributed by atoms with Gasteiger partial charge in [-0.05, 0) is 44.5 Å². The van der Waals surface area contributed by atoms with E-state index >= 15 is 0 Å². The minimum atomic E-state index is 0.392. The van der Waals surface area contributed by atoms with Crippen molar-refractivity contribution in [1.29, 1.82) is 0 Å². The molecule has 2 nitrogen and oxygen atoms in total. The van der Waals surface area contributed by atoms with Crippen LogP contribution in [-0.4, -0.2) is 13.2 Å². The molecule has 0 aromatic heterocycles. The van der Waals surface area contributed by atoms with Crippen molar-refractivity contribution in [3.63, 3.8) is 0 Å². The van der Waals surface area contributed by atoms with E-state index in [9.17, 15) is 0 Å². The normalized spacial score (nSPS) is 12.9. The highest BCUT2D eigenvalue weighted by atomic mass is 16.5. The predicted molar refractivity (Wildman–Crippen MR) is 73.6 cm³/mol. The van der Waals surface area contributed by atoms with E-state index in [1.165, 1.54) is 11.1 Å². The van der Waals surface area contributed by atoms with Gasteiger partial charge in [0, 0.05) is 6.04 Å². The fourth-order valence-electron chi connectivity index (χ4n) is 1.76. The molecule has 1 aromatic rings. The lowest BCUT2D eigenvalue weighted by molar-refractivity contribution is 0.360. The summed E-state index contributed by atoms with van der Waals surface area (Å²) in [7, 11) is 0. The molecule has 1 atom stereocenters. The predicted octanol–water partition coefficient (Wildman–Crippen LogP) is 3.62. The van der Waals surface area contributed by atoms with Gasteiger partial charge in [0.15, 0.2) is 0 Å². The van der Waals surface area contributed by atoms with Crippen LogP contribution in [0.3, 0.4) is 0 Å². The highest BCUT2D eigenvalue weighted by Crippen LogP contribution is 2.22. The second-order valence-electron chi connectivity index (χ2n) is 4.18. The second-order valence-corrected chi connectivity index (χ2v) is 4.18. The van der Waals surface area contributed by atoms with Crippen LogP contribution in [0.4, 0.5) is 0 Å². The standard InChI is InChI=1S/C15H23NO/c1-5-7-10-17-15-9-8-14(11-12(15)3)13(4)16-6-2/h5,7-9,11,13,16H,6,10H2,1-4H3/b7-5+. The summed E-state index contributed by atoms with van der Waals surface area (Å²) in [6, 6.07) is 6.77. The lowest BCUT2D eigenvalue weighted by Crippen LogP contribution is -2.17. The van der Waals surface area contributed by atoms with Crippen molar-refractivity contribution in [1.82, 2.24) is 5.32 Å². The summed E-state index contributed by atoms with van der Waals surface area (Å²) in [6.45, 7) is 10.0. The maximum atomic E-state index is 5.66. The molecule has 0 heterocycles. The molecule has 0 aliphatic carbocycles. The number of allylic oxidation sites excluding steroid dienone is 1. The van der Waals surface area contributed by atoms with Gasteiger partial charge in [-0.1, -0.05) is 31.2 Å². The molecule has 1 rings (SSSR count). The number of aryl methyl sites for hydroxylation is 1. The van der Waals surface area contributed by atoms with Gasteiger partial charge >= 0.3 is 0 Å². The van der Waals surface area contributed by atoms with Crippen molar-refractivity contribution >= 4 is 0 Å². The number of rotatable bonds is 6. The van der Waals surface area contributed by atoms with Crippen LogP contribution in [0.5, 0.6) is 5.75 Å². The van der Waals surface area contributed by atoms with Gasteiger partial charge in [0.1, 0.15) is 12.4 Å². The summed E-state index contributed by atoms with van der Waals surface area (Å²) in [6.07, 6.45) is 4.01. The summed E-state index contributed by atoms with van der Waals surface area (Å²) < 4.78 is 5.66. The van der Waals surface area contributed by atoms with Crippen molar-refractivity contribution in [2.45, 2.75) is 33.7 Å². The first-order valence-corrected chi connectivity index (χ1v) is 6.27. The van der Waals surface area contributed by atoms with Gasteiger partial charge in [-0.15, -0.1) is 0 Å². The Morgan fingerprint density at radius 3 is 2.76 bits per heavy atom. The van der Waals surface area contributed by atoms with Crippen LogP contribution in [0, 0.1) is 6.92 Å². The fraction of sp³-hybridized carbons (Fsp3) is 0.467. The molecule has 0 aliphatic heterocycles. The Morgan fingerprint density at radius 1 is 1.41 bits per heavy atom. The van der Waals surface area contributed by atoms with E-state index < -0.39 is 0 Å². The number of hydrogen-bond acceptors (Lipinski definition) is 2. The maximum Gasteiger partial charge on any atom is 0.122 e. The van der Waals surface area contributed by atoms with Crippen LogP contribution in [0.2, 0.25) is 0 Å². The molecule has 1 aromatic carbocycles. The third kappa shape index (κ3) is 4.23. The topological polar surface area (TPSA) is 21.3 Å². The molecular formula is C15H23NO. The molecule has 0 fully saturated rings. The number of nitrogens with one attached hydrogen (secondary N) is 1. The first kappa shape index (κ1) is 13.8. The fourth-order valence-corrected chi connectivity index (χ4v) is 1.76. The van der Waals surface area contributed by atoms with Gasteiger partial charge in [-0.25, -0.2) is 0 Å². The Bertz CT molecular complexity index is 371. The molecule has 0 saturated carbocycles. The Morgan fingerprint density at radius 2 is 2.18 bits per heavy atom. The zero-order valence-electron chi connectivity index (χ0n) is 11.3. The second kappa shape index (κ2) is 7.13. The molecule has 0 spiro atoms. The minimum absolute atomic E-state index is 0.392. The third-order valence-corrected chi connectivity index (χ3v) is 2.78. The highest BCUT2D eigenvalue weighted by molar-refractivity contribution is 5.37. The summed E-state index contributed by atoms with van der Waals surface area (Å²) >= 11 is 0. The first-order chi connectivity index (χ1) is 8.19. The SMILES string of the molecule is C/C=C/COc1ccc(C(C)NCC)cc1C. The van der Waals surface area contributed by atoms with Crippen molar-refractivity contribution < 1.29 is 4.74 Å². The highest BCUT2D eigenvalue weighted by Gasteiger charge is 2.06. The molecule has 0 saturated heterocycles. The van der Waals surface area contributed by atoms with Crippen molar-refractivity contribution in [2.24, 2.45) is 0 Å². The van der Waals surface area contributed by atoms with E-state index in [0.717, 1.165) is 12.3 Å². The Labute approximate surface area is 105 Å². The average Bonchev–Trinajstić information content (AvgIpc) is 2.31. The summed E-state index contributed by atoms with van der Waals surface area (Å²) in [5.74, 6) is 0.968. The summed E-state index contributed by atoms with van der Waals surface area (Å²) in [5, 5.41) is 3.41. The molecular weight excluding hydrogens is 210 g/mol. The summed E-state index contributed by atoms with van der Waals surface area (Å²) in [5.41, 5.74) is 2.50. The number of hydrogen-bond donors (Lipinski definition) is 1. The van der Waals surface area contributed by atoms with Gasteiger partial charge in [-0.2, -0.15) is 0 Å². The van der Waals surface area contributed by atoms with Gasteiger partial charge in [-0.3, -0.25) is 0 Å². The summed E-state index contributed by atoms with van der Waals surface area (Å²) in [4.78, 5) is 0. The van der Waals surface area contributed by atoms with Crippen LogP contribution in [0.1, 0.15) is 37.9 Å². The van der Waals surface area contributed by atoms with E-state index in [4.69, 9.17) is 4.74 Å². The minimum Gasteiger partial charge on any atom is -0.489 e. The molecule has 0 radical (unpaired) electrons. The van der Waals surface area contributed by atoms with Crippen LogP contribution < -0.4 is 10.1 Å². The smallest absolute Gasteiger partial charge is 0.122 e. The zero-order chi connectivity index (χ0) is 12.7. The molecule has 1 N–H and O–H groups in total. The zero-order valence-corrected chi connectivity index (χ0v) is 11.3. The lowest BCUT2D eigenvalue weighted by Gasteiger charge is -2.15. The van der Waals surface area contributed by atoms with Gasteiger partial charge in [0.05, 0.1) is 0 Å². The van der Waals surface area contributed by atoms with E-state index in [1.807, 2.05) is 19.1 Å². The molecule has 2 heteroatoms. The van der Waals surface area contributed by atoms with Gasteiger partial charge in [0.2, 0.25) is 0 Å². The van der Waals surface area contributed by atoms with Crippen molar-refractivity contribution in [2.75, 3.05) is 13.2 Å². The van der Waals surface area contributed by atoms with E-state index in [2.05, 4.69) is 44.3 Å². The van der Waals surface area contributed by atoms with E-state index in [0.29, 0.717) is 12.6 Å². The third-order valence-electron chi connectivity index (χ3n) is 2.78. The monoisotopic (exact) mass is 233 g/mol. The Kier molecular flexibility index (Phi) is 5.78. The lowest BCUT2D eigenvalue weighted by atomic mass is 10.1. The van der Waals surface area contributed by atoms with Gasteiger partial charge < -0.3 is 10.1 Å². The van der Waals surface area contributed by atoms with Crippen molar-refractivity contribution in [3.05, 3.63) is 41.5 Å². The molecule has 0 bridgehead atoms. The van der Waals surface area contributed by atoms with E-state index in [-0.39, 0.29) is 0 Å². The molecule has 0 aliphatic rings. The van der Waals surface area contributed by atoms with Crippen LogP contribution in [0.25, 0.3) is 0 Å². The van der Waals surface area contributed by atoms with Crippen molar-refractivity contribution in [3.8, 4) is 5.75 Å².